The Bertz CT molecular complexity index is 411. The van der Waals surface area contributed by atoms with Gasteiger partial charge in [-0.2, -0.15) is 0 Å². The summed E-state index contributed by atoms with van der Waals surface area (Å²) >= 11 is 0. The van der Waals surface area contributed by atoms with Gasteiger partial charge in [0.05, 0.1) is 6.61 Å². The lowest BCUT2D eigenvalue weighted by atomic mass is 10.1. The highest BCUT2D eigenvalue weighted by Gasteiger charge is 2.09. The topological polar surface area (TPSA) is 50.4 Å². The van der Waals surface area contributed by atoms with Gasteiger partial charge in [0.2, 0.25) is 5.91 Å². The van der Waals surface area contributed by atoms with Crippen molar-refractivity contribution in [2.24, 2.45) is 0 Å². The fourth-order valence-electron chi connectivity index (χ4n) is 1.60. The van der Waals surface area contributed by atoms with Crippen molar-refractivity contribution in [3.63, 3.8) is 0 Å². The quantitative estimate of drug-likeness (QED) is 0.830. The Hall–Kier alpha value is -1.55. The van der Waals surface area contributed by atoms with Crippen LogP contribution in [0.4, 0.5) is 5.69 Å². The summed E-state index contributed by atoms with van der Waals surface area (Å²) in [6.07, 6.45) is 0.454. The van der Waals surface area contributed by atoms with Crippen LogP contribution in [-0.4, -0.2) is 24.6 Å². The summed E-state index contributed by atoms with van der Waals surface area (Å²) in [4.78, 5) is 11.8. The van der Waals surface area contributed by atoms with E-state index in [-0.39, 0.29) is 11.4 Å². The number of amides is 1. The van der Waals surface area contributed by atoms with E-state index in [1.807, 2.05) is 31.2 Å². The molecule has 4 nitrogen and oxygen atoms in total. The Morgan fingerprint density at radius 3 is 2.68 bits per heavy atom. The maximum Gasteiger partial charge on any atom is 0.225 e. The van der Waals surface area contributed by atoms with E-state index in [1.165, 1.54) is 0 Å². The Morgan fingerprint density at radius 1 is 1.32 bits per heavy atom. The zero-order chi connectivity index (χ0) is 14.3. The molecule has 0 fully saturated rings. The lowest BCUT2D eigenvalue weighted by Crippen LogP contribution is -2.37. The highest BCUT2D eigenvalue weighted by molar-refractivity contribution is 5.91. The molecule has 1 amide bonds. The molecule has 2 N–H and O–H groups in total. The second-order valence-corrected chi connectivity index (χ2v) is 5.44. The van der Waals surface area contributed by atoms with Crippen LogP contribution in [0.5, 0.6) is 5.75 Å². The maximum atomic E-state index is 11.8. The average Bonchev–Trinajstić information content (AvgIpc) is 2.28. The first kappa shape index (κ1) is 15.5. The molecular weight excluding hydrogens is 240 g/mol. The monoisotopic (exact) mass is 264 g/mol. The molecule has 0 aromatic heterocycles. The summed E-state index contributed by atoms with van der Waals surface area (Å²) in [7, 11) is 0. The number of benzene rings is 1. The van der Waals surface area contributed by atoms with Gasteiger partial charge in [0, 0.05) is 30.3 Å². The largest absolute Gasteiger partial charge is 0.494 e. The highest BCUT2D eigenvalue weighted by Crippen LogP contribution is 2.17. The first-order chi connectivity index (χ1) is 8.90. The fraction of sp³-hybridized carbons (Fsp3) is 0.533. The Balaban J connectivity index is 2.41. The number of carbonyl (C=O) groups is 1. The van der Waals surface area contributed by atoms with Crippen LogP contribution < -0.4 is 15.4 Å². The minimum absolute atomic E-state index is 0.00500. The van der Waals surface area contributed by atoms with Crippen molar-refractivity contribution in [1.29, 1.82) is 0 Å². The van der Waals surface area contributed by atoms with Gasteiger partial charge in [-0.25, -0.2) is 0 Å². The first-order valence-electron chi connectivity index (χ1n) is 6.68. The van der Waals surface area contributed by atoms with Gasteiger partial charge in [-0.05, 0) is 39.8 Å². The standard InChI is InChI=1S/C15H24N2O2/c1-5-19-13-8-6-7-12(11-13)17-14(18)9-10-16-15(2,3)4/h6-8,11,16H,5,9-10H2,1-4H3,(H,17,18). The van der Waals surface area contributed by atoms with Gasteiger partial charge >= 0.3 is 0 Å². The van der Waals surface area contributed by atoms with E-state index in [2.05, 4.69) is 31.4 Å². The van der Waals surface area contributed by atoms with Gasteiger partial charge in [-0.15, -0.1) is 0 Å². The molecule has 0 aliphatic carbocycles. The minimum Gasteiger partial charge on any atom is -0.494 e. The molecule has 106 valence electrons. The number of rotatable bonds is 6. The predicted molar refractivity (Wildman–Crippen MR) is 78.6 cm³/mol. The van der Waals surface area contributed by atoms with Crippen molar-refractivity contribution < 1.29 is 9.53 Å². The van der Waals surface area contributed by atoms with E-state index in [0.29, 0.717) is 19.6 Å². The number of carbonyl (C=O) groups excluding carboxylic acids is 1. The summed E-state index contributed by atoms with van der Waals surface area (Å²) in [5.74, 6) is 0.776. The third kappa shape index (κ3) is 6.82. The third-order valence-corrected chi connectivity index (χ3v) is 2.44. The van der Waals surface area contributed by atoms with E-state index in [1.54, 1.807) is 0 Å². The molecule has 0 radical (unpaired) electrons. The van der Waals surface area contributed by atoms with E-state index < -0.39 is 0 Å². The normalized spacial score (nSPS) is 11.2. The van der Waals surface area contributed by atoms with Crippen LogP contribution in [-0.2, 0) is 4.79 Å². The number of hydrogen-bond donors (Lipinski definition) is 2. The van der Waals surface area contributed by atoms with Crippen LogP contribution in [0, 0.1) is 0 Å². The van der Waals surface area contributed by atoms with Crippen molar-refractivity contribution >= 4 is 11.6 Å². The molecule has 0 spiro atoms. The first-order valence-corrected chi connectivity index (χ1v) is 6.68. The van der Waals surface area contributed by atoms with E-state index >= 15 is 0 Å². The number of ether oxygens (including phenoxy) is 1. The summed E-state index contributed by atoms with van der Waals surface area (Å²) in [6, 6.07) is 7.44. The highest BCUT2D eigenvalue weighted by atomic mass is 16.5. The molecule has 0 bridgehead atoms. The summed E-state index contributed by atoms with van der Waals surface area (Å²) < 4.78 is 5.39. The summed E-state index contributed by atoms with van der Waals surface area (Å²) in [5.41, 5.74) is 0.807. The van der Waals surface area contributed by atoms with Gasteiger partial charge in [0.25, 0.3) is 0 Å². The predicted octanol–water partition coefficient (Wildman–Crippen LogP) is 2.80. The third-order valence-electron chi connectivity index (χ3n) is 2.44. The Morgan fingerprint density at radius 2 is 2.05 bits per heavy atom. The number of hydrogen-bond acceptors (Lipinski definition) is 3. The summed E-state index contributed by atoms with van der Waals surface area (Å²) in [5, 5.41) is 6.15. The second kappa shape index (κ2) is 7.14. The summed E-state index contributed by atoms with van der Waals surface area (Å²) in [6.45, 7) is 9.46. The van der Waals surface area contributed by atoms with Crippen LogP contribution in [0.25, 0.3) is 0 Å². The van der Waals surface area contributed by atoms with Gasteiger partial charge in [0.1, 0.15) is 5.75 Å². The number of anilines is 1. The molecule has 4 heteroatoms. The molecule has 0 aliphatic rings. The molecule has 0 saturated heterocycles. The van der Waals surface area contributed by atoms with Crippen molar-refractivity contribution in [2.45, 2.75) is 39.7 Å². The molecule has 1 aromatic rings. The molecule has 1 rings (SSSR count). The van der Waals surface area contributed by atoms with E-state index in [9.17, 15) is 4.79 Å². The zero-order valence-corrected chi connectivity index (χ0v) is 12.2. The van der Waals surface area contributed by atoms with Crippen molar-refractivity contribution in [3.8, 4) is 5.75 Å². The Kier molecular flexibility index (Phi) is 5.83. The van der Waals surface area contributed by atoms with Crippen molar-refractivity contribution in [2.75, 3.05) is 18.5 Å². The van der Waals surface area contributed by atoms with E-state index in [4.69, 9.17) is 4.74 Å². The van der Waals surface area contributed by atoms with Gasteiger partial charge < -0.3 is 15.4 Å². The molecule has 0 atom stereocenters. The van der Waals surface area contributed by atoms with E-state index in [0.717, 1.165) is 11.4 Å². The smallest absolute Gasteiger partial charge is 0.225 e. The molecule has 0 unspecified atom stereocenters. The van der Waals surface area contributed by atoms with Gasteiger partial charge in [-0.1, -0.05) is 6.07 Å². The lowest BCUT2D eigenvalue weighted by Gasteiger charge is -2.20. The average molecular weight is 264 g/mol. The lowest BCUT2D eigenvalue weighted by molar-refractivity contribution is -0.116. The van der Waals surface area contributed by atoms with Crippen LogP contribution in [0.3, 0.4) is 0 Å². The van der Waals surface area contributed by atoms with Gasteiger partial charge in [-0.3, -0.25) is 4.79 Å². The number of nitrogens with one attached hydrogen (secondary N) is 2. The Labute approximate surface area is 115 Å². The molecule has 0 aliphatic heterocycles. The van der Waals surface area contributed by atoms with Crippen LogP contribution >= 0.6 is 0 Å². The fourth-order valence-corrected chi connectivity index (χ4v) is 1.60. The van der Waals surface area contributed by atoms with Crippen molar-refractivity contribution in [1.82, 2.24) is 5.32 Å². The second-order valence-electron chi connectivity index (χ2n) is 5.44. The van der Waals surface area contributed by atoms with Crippen molar-refractivity contribution in [3.05, 3.63) is 24.3 Å². The molecule has 0 heterocycles. The SMILES string of the molecule is CCOc1cccc(NC(=O)CCNC(C)(C)C)c1. The van der Waals surface area contributed by atoms with Gasteiger partial charge in [0.15, 0.2) is 0 Å². The molecule has 1 aromatic carbocycles. The maximum absolute atomic E-state index is 11.8. The minimum atomic E-state index is 0.00500. The molecular formula is C15H24N2O2. The molecule has 19 heavy (non-hydrogen) atoms. The zero-order valence-electron chi connectivity index (χ0n) is 12.2. The van der Waals surface area contributed by atoms with Crippen LogP contribution in [0.15, 0.2) is 24.3 Å². The van der Waals surface area contributed by atoms with Crippen LogP contribution in [0.2, 0.25) is 0 Å². The van der Waals surface area contributed by atoms with Crippen LogP contribution in [0.1, 0.15) is 34.1 Å². The molecule has 0 saturated carbocycles.